The number of rotatable bonds is 7. The van der Waals surface area contributed by atoms with E-state index >= 15 is 0 Å². The second-order valence-corrected chi connectivity index (χ2v) is 5.46. The van der Waals surface area contributed by atoms with Crippen molar-refractivity contribution < 1.29 is 14.3 Å². The molecule has 0 bridgehead atoms. The monoisotopic (exact) mass is 319 g/mol. The number of hydrogen-bond donors (Lipinski definition) is 2. The predicted octanol–water partition coefficient (Wildman–Crippen LogP) is 1.50. The molecule has 1 atom stereocenters. The third kappa shape index (κ3) is 5.47. The van der Waals surface area contributed by atoms with Gasteiger partial charge in [0.15, 0.2) is 5.96 Å². The van der Waals surface area contributed by atoms with Crippen molar-refractivity contribution in [1.29, 1.82) is 0 Å². The van der Waals surface area contributed by atoms with Crippen LogP contribution in [0.1, 0.15) is 24.8 Å². The van der Waals surface area contributed by atoms with Crippen molar-refractivity contribution in [3.05, 3.63) is 29.8 Å². The van der Waals surface area contributed by atoms with Gasteiger partial charge in [-0.2, -0.15) is 0 Å². The number of carbonyl (C=O) groups excluding carboxylic acids is 1. The number of guanidine groups is 1. The number of benzene rings is 1. The van der Waals surface area contributed by atoms with Gasteiger partial charge in [0.05, 0.1) is 13.7 Å². The number of ether oxygens (including phenoxy) is 2. The molecule has 0 saturated carbocycles. The minimum absolute atomic E-state index is 0.130. The molecule has 1 aromatic carbocycles. The fraction of sp³-hybridized carbons (Fsp3) is 0.529. The molecule has 1 unspecified atom stereocenters. The zero-order valence-electron chi connectivity index (χ0n) is 13.8. The largest absolute Gasteiger partial charge is 0.488 e. The number of carbonyl (C=O) groups is 1. The molecule has 1 aliphatic rings. The van der Waals surface area contributed by atoms with Crippen LogP contribution in [0.3, 0.4) is 0 Å². The first-order chi connectivity index (χ1) is 11.2. The minimum atomic E-state index is -0.162. The fourth-order valence-electron chi connectivity index (χ4n) is 2.50. The Morgan fingerprint density at radius 3 is 2.91 bits per heavy atom. The number of fused-ring (bicyclic) bond motifs is 1. The summed E-state index contributed by atoms with van der Waals surface area (Å²) in [5.41, 5.74) is 1.25. The van der Waals surface area contributed by atoms with Crippen molar-refractivity contribution in [2.24, 2.45) is 4.99 Å². The van der Waals surface area contributed by atoms with Gasteiger partial charge in [-0.3, -0.25) is 9.79 Å². The van der Waals surface area contributed by atoms with E-state index in [1.807, 2.05) is 18.2 Å². The summed E-state index contributed by atoms with van der Waals surface area (Å²) in [5, 5.41) is 6.52. The van der Waals surface area contributed by atoms with E-state index in [1.54, 1.807) is 7.05 Å². The SMILES string of the molecule is CN=C(NCCCCC(=O)OC)NCC1Cc2ccccc2O1. The van der Waals surface area contributed by atoms with Crippen LogP contribution >= 0.6 is 0 Å². The smallest absolute Gasteiger partial charge is 0.305 e. The molecule has 0 fully saturated rings. The highest BCUT2D eigenvalue weighted by Crippen LogP contribution is 2.27. The molecule has 6 nitrogen and oxygen atoms in total. The van der Waals surface area contributed by atoms with Crippen molar-refractivity contribution in [2.75, 3.05) is 27.2 Å². The van der Waals surface area contributed by atoms with Crippen LogP contribution in [0, 0.1) is 0 Å². The highest BCUT2D eigenvalue weighted by Gasteiger charge is 2.22. The summed E-state index contributed by atoms with van der Waals surface area (Å²) in [6, 6.07) is 8.13. The maximum atomic E-state index is 11.0. The fourth-order valence-corrected chi connectivity index (χ4v) is 2.50. The lowest BCUT2D eigenvalue weighted by Gasteiger charge is -2.15. The molecule has 23 heavy (non-hydrogen) atoms. The molecule has 1 heterocycles. The molecule has 0 spiro atoms. The van der Waals surface area contributed by atoms with Gasteiger partial charge in [-0.25, -0.2) is 0 Å². The molecule has 6 heteroatoms. The molecule has 0 saturated heterocycles. The number of hydrogen-bond acceptors (Lipinski definition) is 4. The number of aliphatic imine (C=N–C) groups is 1. The van der Waals surface area contributed by atoms with E-state index in [0.29, 0.717) is 13.0 Å². The van der Waals surface area contributed by atoms with Crippen LogP contribution in [-0.2, 0) is 16.0 Å². The molecule has 126 valence electrons. The first-order valence-electron chi connectivity index (χ1n) is 7.99. The van der Waals surface area contributed by atoms with Gasteiger partial charge in [0.2, 0.25) is 0 Å². The van der Waals surface area contributed by atoms with Crippen molar-refractivity contribution in [2.45, 2.75) is 31.8 Å². The Labute approximate surface area is 137 Å². The summed E-state index contributed by atoms with van der Waals surface area (Å²) in [4.78, 5) is 15.2. The van der Waals surface area contributed by atoms with Gasteiger partial charge in [-0.1, -0.05) is 18.2 Å². The summed E-state index contributed by atoms with van der Waals surface area (Å²) >= 11 is 0. The number of nitrogens with zero attached hydrogens (tertiary/aromatic N) is 1. The third-order valence-corrected chi connectivity index (χ3v) is 3.76. The Bertz CT molecular complexity index is 521. The van der Waals surface area contributed by atoms with Gasteiger partial charge in [0.1, 0.15) is 11.9 Å². The van der Waals surface area contributed by atoms with Crippen LogP contribution in [0.5, 0.6) is 5.75 Å². The van der Waals surface area contributed by atoms with E-state index in [0.717, 1.165) is 37.5 Å². The van der Waals surface area contributed by atoms with Gasteiger partial charge in [-0.05, 0) is 24.5 Å². The molecule has 1 aliphatic heterocycles. The Balaban J connectivity index is 1.62. The Hall–Kier alpha value is -2.24. The van der Waals surface area contributed by atoms with Gasteiger partial charge in [0, 0.05) is 26.4 Å². The van der Waals surface area contributed by atoms with E-state index < -0.39 is 0 Å². The van der Waals surface area contributed by atoms with E-state index in [1.165, 1.54) is 12.7 Å². The average Bonchev–Trinajstić information content (AvgIpc) is 2.99. The lowest BCUT2D eigenvalue weighted by atomic mass is 10.1. The molecule has 0 amide bonds. The van der Waals surface area contributed by atoms with Crippen molar-refractivity contribution in [3.63, 3.8) is 0 Å². The molecular formula is C17H25N3O3. The predicted molar refractivity (Wildman–Crippen MR) is 89.8 cm³/mol. The zero-order valence-corrected chi connectivity index (χ0v) is 13.8. The van der Waals surface area contributed by atoms with Crippen molar-refractivity contribution in [1.82, 2.24) is 10.6 Å². The number of methoxy groups -OCH3 is 1. The van der Waals surface area contributed by atoms with Crippen molar-refractivity contribution >= 4 is 11.9 Å². The number of nitrogens with one attached hydrogen (secondary N) is 2. The lowest BCUT2D eigenvalue weighted by Crippen LogP contribution is -2.42. The first-order valence-corrected chi connectivity index (χ1v) is 7.99. The van der Waals surface area contributed by atoms with Gasteiger partial charge in [0.25, 0.3) is 0 Å². The van der Waals surface area contributed by atoms with Crippen LogP contribution in [0.4, 0.5) is 0 Å². The molecule has 0 aromatic heterocycles. The lowest BCUT2D eigenvalue weighted by molar-refractivity contribution is -0.140. The van der Waals surface area contributed by atoms with E-state index in [-0.39, 0.29) is 12.1 Å². The molecule has 0 aliphatic carbocycles. The van der Waals surface area contributed by atoms with Gasteiger partial charge >= 0.3 is 5.97 Å². The van der Waals surface area contributed by atoms with E-state index in [4.69, 9.17) is 4.74 Å². The van der Waals surface area contributed by atoms with E-state index in [9.17, 15) is 4.79 Å². The normalized spacial score (nSPS) is 16.4. The Morgan fingerprint density at radius 2 is 2.17 bits per heavy atom. The number of esters is 1. The molecule has 2 N–H and O–H groups in total. The van der Waals surface area contributed by atoms with Crippen LogP contribution < -0.4 is 15.4 Å². The van der Waals surface area contributed by atoms with Crippen LogP contribution in [-0.4, -0.2) is 45.3 Å². The second-order valence-electron chi connectivity index (χ2n) is 5.46. The summed E-state index contributed by atoms with van der Waals surface area (Å²) < 4.78 is 10.5. The van der Waals surface area contributed by atoms with Crippen molar-refractivity contribution in [3.8, 4) is 5.75 Å². The molecule has 0 radical (unpaired) electrons. The highest BCUT2D eigenvalue weighted by molar-refractivity contribution is 5.79. The van der Waals surface area contributed by atoms with Crippen LogP contribution in [0.2, 0.25) is 0 Å². The maximum absolute atomic E-state index is 11.0. The number of para-hydroxylation sites is 1. The Morgan fingerprint density at radius 1 is 1.35 bits per heavy atom. The summed E-state index contributed by atoms with van der Waals surface area (Å²) in [6.07, 6.45) is 3.20. The summed E-state index contributed by atoms with van der Waals surface area (Å²) in [7, 11) is 3.16. The minimum Gasteiger partial charge on any atom is -0.488 e. The third-order valence-electron chi connectivity index (χ3n) is 3.76. The summed E-state index contributed by atoms with van der Waals surface area (Å²) in [6.45, 7) is 1.47. The summed E-state index contributed by atoms with van der Waals surface area (Å²) in [5.74, 6) is 1.57. The van der Waals surface area contributed by atoms with Crippen LogP contribution in [0.15, 0.2) is 29.3 Å². The van der Waals surface area contributed by atoms with E-state index in [2.05, 4.69) is 26.4 Å². The number of unbranched alkanes of at least 4 members (excludes halogenated alkanes) is 1. The van der Waals surface area contributed by atoms with Crippen LogP contribution in [0.25, 0.3) is 0 Å². The Kier molecular flexibility index (Phi) is 6.72. The molecular weight excluding hydrogens is 294 g/mol. The standard InChI is InChI=1S/C17H25N3O3/c1-18-17(19-10-6-5-9-16(21)22-2)20-12-14-11-13-7-3-4-8-15(13)23-14/h3-4,7-8,14H,5-6,9-12H2,1-2H3,(H2,18,19,20). The quantitative estimate of drug-likeness (QED) is 0.345. The topological polar surface area (TPSA) is 72.0 Å². The first kappa shape index (κ1) is 17.1. The maximum Gasteiger partial charge on any atom is 0.305 e. The second kappa shape index (κ2) is 9.02. The zero-order chi connectivity index (χ0) is 16.5. The molecule has 2 rings (SSSR count). The van der Waals surface area contributed by atoms with Gasteiger partial charge in [-0.15, -0.1) is 0 Å². The average molecular weight is 319 g/mol. The van der Waals surface area contributed by atoms with Gasteiger partial charge < -0.3 is 20.1 Å². The molecule has 1 aromatic rings. The highest BCUT2D eigenvalue weighted by atomic mass is 16.5.